The molecule has 1 rings (SSSR count). The van der Waals surface area contributed by atoms with Gasteiger partial charge >= 0.3 is 12.0 Å². The molecule has 5 heteroatoms. The van der Waals surface area contributed by atoms with Crippen LogP contribution in [0.4, 0.5) is 4.79 Å². The summed E-state index contributed by atoms with van der Waals surface area (Å²) in [4.78, 5) is 24.9. The van der Waals surface area contributed by atoms with Crippen molar-refractivity contribution in [3.63, 3.8) is 0 Å². The van der Waals surface area contributed by atoms with Crippen molar-refractivity contribution in [2.24, 2.45) is 5.92 Å². The zero-order chi connectivity index (χ0) is 13.5. The first kappa shape index (κ1) is 14.8. The Hall–Kier alpha value is -1.26. The lowest BCUT2D eigenvalue weighted by atomic mass is 10.0. The van der Waals surface area contributed by atoms with Crippen LogP contribution >= 0.6 is 0 Å². The monoisotopic (exact) mass is 256 g/mol. The third kappa shape index (κ3) is 3.89. The minimum absolute atomic E-state index is 0.114. The molecule has 104 valence electrons. The number of hydrogen-bond acceptors (Lipinski definition) is 2. The van der Waals surface area contributed by atoms with Gasteiger partial charge in [0.2, 0.25) is 0 Å². The molecule has 2 atom stereocenters. The van der Waals surface area contributed by atoms with Crippen LogP contribution < -0.4 is 5.32 Å². The van der Waals surface area contributed by atoms with Gasteiger partial charge in [0.1, 0.15) is 0 Å². The molecule has 18 heavy (non-hydrogen) atoms. The zero-order valence-corrected chi connectivity index (χ0v) is 11.3. The first-order valence-electron chi connectivity index (χ1n) is 6.88. The van der Waals surface area contributed by atoms with Gasteiger partial charge in [0, 0.05) is 19.1 Å². The highest BCUT2D eigenvalue weighted by atomic mass is 16.4. The van der Waals surface area contributed by atoms with E-state index < -0.39 is 11.9 Å². The smallest absolute Gasteiger partial charge is 0.317 e. The lowest BCUT2D eigenvalue weighted by Crippen LogP contribution is -2.47. The third-order valence-corrected chi connectivity index (χ3v) is 3.42. The Morgan fingerprint density at radius 3 is 2.33 bits per heavy atom. The molecule has 0 bridgehead atoms. The molecule has 0 spiro atoms. The second-order valence-corrected chi connectivity index (χ2v) is 4.92. The van der Waals surface area contributed by atoms with E-state index in [1.165, 1.54) is 0 Å². The summed E-state index contributed by atoms with van der Waals surface area (Å²) in [5.74, 6) is -1.21. The number of aliphatic carboxylic acids is 1. The molecule has 0 aliphatic heterocycles. The van der Waals surface area contributed by atoms with Crippen molar-refractivity contribution in [1.82, 2.24) is 10.2 Å². The van der Waals surface area contributed by atoms with Gasteiger partial charge < -0.3 is 15.3 Å². The first-order chi connectivity index (χ1) is 8.60. The minimum atomic E-state index is -0.796. The van der Waals surface area contributed by atoms with Gasteiger partial charge in [-0.05, 0) is 25.7 Å². The van der Waals surface area contributed by atoms with Crippen LogP contribution in [0.15, 0.2) is 0 Å². The predicted octanol–water partition coefficient (Wildman–Crippen LogP) is 2.07. The van der Waals surface area contributed by atoms with E-state index in [0.29, 0.717) is 6.42 Å². The Morgan fingerprint density at radius 1 is 1.22 bits per heavy atom. The van der Waals surface area contributed by atoms with Crippen molar-refractivity contribution in [2.45, 2.75) is 52.0 Å². The normalized spacial score (nSPS) is 22.8. The number of nitrogens with one attached hydrogen (secondary N) is 1. The van der Waals surface area contributed by atoms with E-state index in [4.69, 9.17) is 5.11 Å². The van der Waals surface area contributed by atoms with Crippen LogP contribution in [0, 0.1) is 5.92 Å². The number of carboxylic acids is 1. The Morgan fingerprint density at radius 2 is 1.83 bits per heavy atom. The van der Waals surface area contributed by atoms with Gasteiger partial charge in [-0.15, -0.1) is 0 Å². The number of urea groups is 1. The van der Waals surface area contributed by atoms with Crippen LogP contribution in [-0.2, 0) is 4.79 Å². The Kier molecular flexibility index (Phi) is 5.95. The van der Waals surface area contributed by atoms with E-state index in [2.05, 4.69) is 5.32 Å². The SMILES string of the molecule is CCCN(CCC)C(=O)NC1CCCC1C(=O)O. The largest absolute Gasteiger partial charge is 0.481 e. The molecule has 2 unspecified atom stereocenters. The molecule has 1 saturated carbocycles. The fourth-order valence-corrected chi connectivity index (χ4v) is 2.53. The van der Waals surface area contributed by atoms with Gasteiger partial charge in [0.05, 0.1) is 5.92 Å². The Labute approximate surface area is 109 Å². The van der Waals surface area contributed by atoms with E-state index in [9.17, 15) is 9.59 Å². The number of carboxylic acid groups (broad SMARTS) is 1. The Balaban J connectivity index is 2.53. The van der Waals surface area contributed by atoms with Crippen LogP contribution in [0.2, 0.25) is 0 Å². The molecule has 0 saturated heterocycles. The standard InChI is InChI=1S/C13H24N2O3/c1-3-8-15(9-4-2)13(18)14-11-7-5-6-10(11)12(16)17/h10-11H,3-9H2,1-2H3,(H,14,18)(H,16,17). The van der Waals surface area contributed by atoms with E-state index in [1.807, 2.05) is 13.8 Å². The molecule has 1 aliphatic carbocycles. The summed E-state index contributed by atoms with van der Waals surface area (Å²) in [6, 6.07) is -0.317. The quantitative estimate of drug-likeness (QED) is 0.764. The molecular formula is C13H24N2O3. The maximum absolute atomic E-state index is 12.1. The number of rotatable bonds is 6. The van der Waals surface area contributed by atoms with Gasteiger partial charge in [-0.1, -0.05) is 20.3 Å². The highest BCUT2D eigenvalue weighted by molar-refractivity contribution is 5.77. The van der Waals surface area contributed by atoms with Crippen molar-refractivity contribution < 1.29 is 14.7 Å². The number of carbonyl (C=O) groups is 2. The molecule has 1 aliphatic rings. The highest BCUT2D eigenvalue weighted by Crippen LogP contribution is 2.25. The van der Waals surface area contributed by atoms with Crippen molar-refractivity contribution >= 4 is 12.0 Å². The van der Waals surface area contributed by atoms with E-state index in [1.54, 1.807) is 4.90 Å². The van der Waals surface area contributed by atoms with E-state index in [-0.39, 0.29) is 12.1 Å². The second kappa shape index (κ2) is 7.24. The summed E-state index contributed by atoms with van der Waals surface area (Å²) in [5, 5.41) is 12.0. The van der Waals surface area contributed by atoms with Gasteiger partial charge in [-0.2, -0.15) is 0 Å². The number of hydrogen-bond donors (Lipinski definition) is 2. The summed E-state index contributed by atoms with van der Waals surface area (Å²) in [6.45, 7) is 5.52. The van der Waals surface area contributed by atoms with Crippen molar-refractivity contribution in [2.75, 3.05) is 13.1 Å². The lowest BCUT2D eigenvalue weighted by molar-refractivity contribution is -0.142. The van der Waals surface area contributed by atoms with Crippen LogP contribution in [0.1, 0.15) is 46.0 Å². The van der Waals surface area contributed by atoms with Gasteiger partial charge in [0.15, 0.2) is 0 Å². The lowest BCUT2D eigenvalue weighted by Gasteiger charge is -2.25. The second-order valence-electron chi connectivity index (χ2n) is 4.92. The van der Waals surface area contributed by atoms with Crippen LogP contribution in [-0.4, -0.2) is 41.1 Å². The van der Waals surface area contributed by atoms with Gasteiger partial charge in [-0.25, -0.2) is 4.79 Å². The number of nitrogens with zero attached hydrogens (tertiary/aromatic N) is 1. The molecule has 0 aromatic carbocycles. The molecule has 0 radical (unpaired) electrons. The molecule has 1 fully saturated rings. The Bertz CT molecular complexity index is 288. The fourth-order valence-electron chi connectivity index (χ4n) is 2.53. The number of carbonyl (C=O) groups excluding carboxylic acids is 1. The van der Waals surface area contributed by atoms with E-state index in [0.717, 1.165) is 38.8 Å². The summed E-state index contributed by atoms with van der Waals surface area (Å²) < 4.78 is 0. The van der Waals surface area contributed by atoms with E-state index >= 15 is 0 Å². The fraction of sp³-hybridized carbons (Fsp3) is 0.846. The molecule has 0 aromatic rings. The maximum atomic E-state index is 12.1. The third-order valence-electron chi connectivity index (χ3n) is 3.42. The minimum Gasteiger partial charge on any atom is -0.481 e. The van der Waals surface area contributed by atoms with Gasteiger partial charge in [-0.3, -0.25) is 4.79 Å². The summed E-state index contributed by atoms with van der Waals surface area (Å²) in [6.07, 6.45) is 4.15. The van der Waals surface area contributed by atoms with Crippen LogP contribution in [0.5, 0.6) is 0 Å². The highest BCUT2D eigenvalue weighted by Gasteiger charge is 2.34. The molecule has 0 aromatic heterocycles. The summed E-state index contributed by atoms with van der Waals surface area (Å²) in [5.41, 5.74) is 0. The summed E-state index contributed by atoms with van der Waals surface area (Å²) in [7, 11) is 0. The molecule has 5 nitrogen and oxygen atoms in total. The van der Waals surface area contributed by atoms with Crippen molar-refractivity contribution in [1.29, 1.82) is 0 Å². The average molecular weight is 256 g/mol. The molecule has 0 heterocycles. The van der Waals surface area contributed by atoms with Crippen LogP contribution in [0.3, 0.4) is 0 Å². The zero-order valence-electron chi connectivity index (χ0n) is 11.3. The molecule has 2 N–H and O–H groups in total. The predicted molar refractivity (Wildman–Crippen MR) is 69.5 cm³/mol. The number of amides is 2. The maximum Gasteiger partial charge on any atom is 0.317 e. The average Bonchev–Trinajstić information content (AvgIpc) is 2.77. The first-order valence-corrected chi connectivity index (χ1v) is 6.88. The summed E-state index contributed by atoms with van der Waals surface area (Å²) >= 11 is 0. The molecular weight excluding hydrogens is 232 g/mol. The van der Waals surface area contributed by atoms with Gasteiger partial charge in [0.25, 0.3) is 0 Å². The topological polar surface area (TPSA) is 69.6 Å². The van der Waals surface area contributed by atoms with Crippen molar-refractivity contribution in [3.8, 4) is 0 Å². The molecule has 2 amide bonds. The van der Waals surface area contributed by atoms with Crippen molar-refractivity contribution in [3.05, 3.63) is 0 Å². The van der Waals surface area contributed by atoms with Crippen LogP contribution in [0.25, 0.3) is 0 Å².